The minimum absolute atomic E-state index is 0.0389. The van der Waals surface area contributed by atoms with Crippen molar-refractivity contribution in [1.29, 1.82) is 0 Å². The Morgan fingerprint density at radius 1 is 0.635 bits per heavy atom. The lowest BCUT2D eigenvalue weighted by molar-refractivity contribution is -0.264. The fourth-order valence-electron chi connectivity index (χ4n) is 6.50. The number of unbranched alkanes of at least 4 members (excludes halogenated alkanes) is 10. The fourth-order valence-corrected chi connectivity index (χ4v) is 6.50. The predicted octanol–water partition coefficient (Wildman–Crippen LogP) is 8.05. The highest BCUT2D eigenvalue weighted by molar-refractivity contribution is 5.88. The molecule has 0 aliphatic carbocycles. The summed E-state index contributed by atoms with van der Waals surface area (Å²) in [7, 11) is 0. The van der Waals surface area contributed by atoms with E-state index in [1.807, 2.05) is 0 Å². The van der Waals surface area contributed by atoms with Gasteiger partial charge in [-0.25, -0.2) is 9.59 Å². The molecule has 0 amide bonds. The Labute approximate surface area is 312 Å². The van der Waals surface area contributed by atoms with Gasteiger partial charge in [-0.1, -0.05) is 123 Å². The summed E-state index contributed by atoms with van der Waals surface area (Å²) in [4.78, 5) is 52.9. The average molecular weight is 737 g/mol. The molecule has 0 aromatic rings. The normalized spacial score (nSPS) is 24.4. The van der Waals surface area contributed by atoms with Crippen LogP contribution in [0, 0.1) is 0 Å². The van der Waals surface area contributed by atoms with Crippen LogP contribution >= 0.6 is 0 Å². The van der Waals surface area contributed by atoms with E-state index < -0.39 is 35.9 Å². The maximum atomic E-state index is 13.8. The number of carbonyl (C=O) groups is 4. The van der Waals surface area contributed by atoms with Crippen molar-refractivity contribution in [1.82, 2.24) is 0 Å². The molecule has 3 atom stereocenters. The van der Waals surface area contributed by atoms with Crippen molar-refractivity contribution in [2.45, 2.75) is 192 Å². The van der Waals surface area contributed by atoms with Crippen molar-refractivity contribution in [3.05, 3.63) is 23.9 Å². The third-order valence-corrected chi connectivity index (χ3v) is 9.63. The molecule has 0 radical (unpaired) electrons. The zero-order valence-corrected chi connectivity index (χ0v) is 32.1. The van der Waals surface area contributed by atoms with Gasteiger partial charge in [-0.2, -0.15) is 0 Å². The van der Waals surface area contributed by atoms with E-state index in [1.165, 1.54) is 6.42 Å². The van der Waals surface area contributed by atoms with Gasteiger partial charge >= 0.3 is 23.9 Å². The van der Waals surface area contributed by atoms with Crippen molar-refractivity contribution >= 4 is 23.9 Å². The molecule has 0 aromatic heterocycles. The van der Waals surface area contributed by atoms with Crippen LogP contribution < -0.4 is 11.5 Å². The summed E-state index contributed by atoms with van der Waals surface area (Å²) in [6, 6.07) is 0. The molecule has 298 valence electrons. The van der Waals surface area contributed by atoms with E-state index in [2.05, 4.69) is 13.8 Å². The summed E-state index contributed by atoms with van der Waals surface area (Å²) in [6.07, 6.45) is 21.7. The maximum absolute atomic E-state index is 13.8. The van der Waals surface area contributed by atoms with Crippen LogP contribution in [0.4, 0.5) is 0 Å². The zero-order chi connectivity index (χ0) is 37.9. The highest BCUT2D eigenvalue weighted by Gasteiger charge is 2.52. The Morgan fingerprint density at radius 3 is 1.60 bits per heavy atom. The number of rotatable bonds is 16. The van der Waals surface area contributed by atoms with Crippen LogP contribution in [0.1, 0.15) is 174 Å². The number of hydrogen-bond donors (Lipinski definition) is 2. The van der Waals surface area contributed by atoms with Gasteiger partial charge in [0, 0.05) is 31.7 Å². The number of hydrogen-bond acceptors (Lipinski definition) is 12. The average Bonchev–Trinajstić information content (AvgIpc) is 3.24. The SMILES string of the molecule is CCCCCCCCC(=O)OC1CCCCCCCCCCCC2(OC(=O)C(=CN)OC1)OC(=O)C(=CN)OCC2OC(=O)CCCCCCCC. The quantitative estimate of drug-likeness (QED) is 0.0676. The summed E-state index contributed by atoms with van der Waals surface area (Å²) >= 11 is 0. The molecule has 12 heteroatoms. The number of ether oxygens (including phenoxy) is 6. The van der Waals surface area contributed by atoms with Gasteiger partial charge in [-0.3, -0.25) is 9.59 Å². The van der Waals surface area contributed by atoms with Gasteiger partial charge in [0.05, 0.1) is 0 Å². The smallest absolute Gasteiger partial charge is 0.378 e. The van der Waals surface area contributed by atoms with Gasteiger partial charge in [-0.05, 0) is 32.1 Å². The van der Waals surface area contributed by atoms with Gasteiger partial charge in [0.25, 0.3) is 5.79 Å². The van der Waals surface area contributed by atoms with Gasteiger partial charge in [0.1, 0.15) is 19.3 Å². The first-order valence-electron chi connectivity index (χ1n) is 20.2. The molecule has 2 aliphatic rings. The third-order valence-electron chi connectivity index (χ3n) is 9.63. The molecule has 52 heavy (non-hydrogen) atoms. The summed E-state index contributed by atoms with van der Waals surface area (Å²) in [5.41, 5.74) is 11.5. The molecule has 2 fully saturated rings. The second-order valence-corrected chi connectivity index (χ2v) is 14.1. The second-order valence-electron chi connectivity index (χ2n) is 14.1. The first-order chi connectivity index (χ1) is 25.3. The Balaban J connectivity index is 2.25. The van der Waals surface area contributed by atoms with Crippen LogP contribution in [0.3, 0.4) is 0 Å². The van der Waals surface area contributed by atoms with Crippen molar-refractivity contribution in [3.8, 4) is 0 Å². The van der Waals surface area contributed by atoms with Crippen LogP contribution in [-0.4, -0.2) is 55.1 Å². The molecule has 1 spiro atoms. The van der Waals surface area contributed by atoms with E-state index in [9.17, 15) is 19.2 Å². The van der Waals surface area contributed by atoms with E-state index in [1.54, 1.807) is 0 Å². The lowest BCUT2D eigenvalue weighted by Gasteiger charge is -2.36. The van der Waals surface area contributed by atoms with Crippen molar-refractivity contribution in [3.63, 3.8) is 0 Å². The van der Waals surface area contributed by atoms with Crippen LogP contribution in [0.2, 0.25) is 0 Å². The Hall–Kier alpha value is -3.44. The van der Waals surface area contributed by atoms with E-state index in [4.69, 9.17) is 39.9 Å². The number of esters is 4. The molecular weight excluding hydrogens is 668 g/mol. The largest absolute Gasteiger partial charge is 0.482 e. The Morgan fingerprint density at radius 2 is 1.08 bits per heavy atom. The molecule has 0 saturated carbocycles. The van der Waals surface area contributed by atoms with Gasteiger partial charge < -0.3 is 39.9 Å². The number of nitrogens with two attached hydrogens (primary N) is 2. The van der Waals surface area contributed by atoms with Crippen molar-refractivity contribution in [2.75, 3.05) is 13.2 Å². The molecule has 3 unspecified atom stereocenters. The topological polar surface area (TPSA) is 176 Å². The summed E-state index contributed by atoms with van der Waals surface area (Å²) < 4.78 is 35.0. The monoisotopic (exact) mass is 736 g/mol. The molecule has 12 nitrogen and oxygen atoms in total. The van der Waals surface area contributed by atoms with Gasteiger partial charge in [0.2, 0.25) is 17.6 Å². The predicted molar refractivity (Wildman–Crippen MR) is 198 cm³/mol. The standard InChI is InChI=1S/C40H68N2O10/c1-3-5-7-9-17-21-25-36(43)49-32-24-20-16-14-12-11-13-15-19-23-27-40(51-38(45)33(28-41)47-30-32)35(31-48-34(29-42)39(46)52-40)50-37(44)26-22-18-10-8-6-4-2/h28-29,32,35H,3-27,30-31,41-42H2,1-2H3. The van der Waals surface area contributed by atoms with E-state index in [-0.39, 0.29) is 43.5 Å². The van der Waals surface area contributed by atoms with E-state index >= 15 is 0 Å². The highest BCUT2D eigenvalue weighted by Crippen LogP contribution is 2.34. The van der Waals surface area contributed by atoms with Gasteiger partial charge in [-0.15, -0.1) is 0 Å². The lowest BCUT2D eigenvalue weighted by Crippen LogP contribution is -2.52. The van der Waals surface area contributed by atoms with Crippen molar-refractivity contribution < 1.29 is 47.6 Å². The minimum Gasteiger partial charge on any atom is -0.482 e. The minimum atomic E-state index is -2.04. The second kappa shape index (κ2) is 27.2. The summed E-state index contributed by atoms with van der Waals surface area (Å²) in [5, 5.41) is 0. The molecule has 0 aromatic carbocycles. The van der Waals surface area contributed by atoms with Crippen LogP contribution in [0.15, 0.2) is 23.9 Å². The summed E-state index contributed by atoms with van der Waals surface area (Å²) in [6.45, 7) is 3.87. The van der Waals surface area contributed by atoms with E-state index in [0.29, 0.717) is 25.7 Å². The molecular formula is C40H68N2O10. The molecule has 2 heterocycles. The van der Waals surface area contributed by atoms with Crippen LogP contribution in [0.25, 0.3) is 0 Å². The number of carbonyl (C=O) groups excluding carboxylic acids is 4. The molecule has 2 aliphatic heterocycles. The molecule has 0 bridgehead atoms. The Bertz CT molecular complexity index is 1110. The van der Waals surface area contributed by atoms with Crippen LogP contribution in [-0.2, 0) is 47.6 Å². The maximum Gasteiger partial charge on any atom is 0.378 e. The van der Waals surface area contributed by atoms with Crippen LogP contribution in [0.5, 0.6) is 0 Å². The highest BCUT2D eigenvalue weighted by atomic mass is 16.8. The molecule has 2 rings (SSSR count). The Kier molecular flexibility index (Phi) is 23.4. The first kappa shape index (κ1) is 44.7. The zero-order valence-electron chi connectivity index (χ0n) is 32.1. The third kappa shape index (κ3) is 17.9. The lowest BCUT2D eigenvalue weighted by atomic mass is 9.99. The molecule has 4 N–H and O–H groups in total. The van der Waals surface area contributed by atoms with Crippen molar-refractivity contribution in [2.24, 2.45) is 11.5 Å². The van der Waals surface area contributed by atoms with E-state index in [0.717, 1.165) is 128 Å². The molecule has 2 saturated heterocycles. The fraction of sp³-hybridized carbons (Fsp3) is 0.800. The first-order valence-corrected chi connectivity index (χ1v) is 20.2. The van der Waals surface area contributed by atoms with Gasteiger partial charge in [0.15, 0.2) is 0 Å². The summed E-state index contributed by atoms with van der Waals surface area (Å²) in [5.74, 6) is -5.49.